The van der Waals surface area contributed by atoms with Crippen molar-refractivity contribution in [1.82, 2.24) is 20.2 Å². The first-order valence-electron chi connectivity index (χ1n) is 11.9. The van der Waals surface area contributed by atoms with Crippen LogP contribution in [0.15, 0.2) is 42.7 Å². The van der Waals surface area contributed by atoms with Crippen LogP contribution in [-0.4, -0.2) is 51.3 Å². The van der Waals surface area contributed by atoms with Crippen molar-refractivity contribution in [2.75, 3.05) is 6.54 Å². The largest absolute Gasteiger partial charge is 0.459 e. The lowest BCUT2D eigenvalue weighted by molar-refractivity contribution is -0.140. The van der Waals surface area contributed by atoms with Gasteiger partial charge < -0.3 is 19.9 Å². The highest BCUT2D eigenvalue weighted by molar-refractivity contribution is 6.19. The summed E-state index contributed by atoms with van der Waals surface area (Å²) in [4.78, 5) is 49.4. The summed E-state index contributed by atoms with van der Waals surface area (Å²) < 4.78 is 19.4. The lowest BCUT2D eigenvalue weighted by Gasteiger charge is -2.31. The normalized spacial score (nSPS) is 17.4. The van der Waals surface area contributed by atoms with Crippen LogP contribution in [0.1, 0.15) is 60.8 Å². The zero-order chi connectivity index (χ0) is 26.1. The first kappa shape index (κ1) is 25.1. The number of esters is 1. The van der Waals surface area contributed by atoms with Crippen molar-refractivity contribution in [1.29, 1.82) is 0 Å². The van der Waals surface area contributed by atoms with Gasteiger partial charge in [-0.25, -0.2) is 14.2 Å². The van der Waals surface area contributed by atoms with Gasteiger partial charge in [0.2, 0.25) is 5.91 Å². The second kappa shape index (κ2) is 9.93. The number of aryl methyl sites for hydroxylation is 1. The zero-order valence-electron chi connectivity index (χ0n) is 20.9. The molecule has 4 rings (SSSR count). The van der Waals surface area contributed by atoms with Crippen LogP contribution in [0.3, 0.4) is 0 Å². The number of ether oxygens (including phenoxy) is 1. The summed E-state index contributed by atoms with van der Waals surface area (Å²) in [5, 5.41) is 3.55. The molecule has 1 aliphatic heterocycles. The van der Waals surface area contributed by atoms with Gasteiger partial charge in [-0.1, -0.05) is 6.92 Å². The van der Waals surface area contributed by atoms with Gasteiger partial charge in [-0.15, -0.1) is 0 Å². The smallest absolute Gasteiger partial charge is 0.342 e. The molecule has 0 aliphatic carbocycles. The van der Waals surface area contributed by atoms with Gasteiger partial charge in [0.15, 0.2) is 0 Å². The molecule has 0 saturated carbocycles. The van der Waals surface area contributed by atoms with Gasteiger partial charge in [0.05, 0.1) is 17.4 Å². The number of aromatic amines is 1. The Hall–Kier alpha value is -4.01. The van der Waals surface area contributed by atoms with Crippen molar-refractivity contribution in [3.8, 4) is 0 Å². The van der Waals surface area contributed by atoms with Crippen LogP contribution >= 0.6 is 0 Å². The Morgan fingerprint density at radius 1 is 1.25 bits per heavy atom. The molecule has 8 nitrogen and oxygen atoms in total. The predicted octanol–water partition coefficient (Wildman–Crippen LogP) is 4.07. The van der Waals surface area contributed by atoms with E-state index >= 15 is 0 Å². The molecular formula is C27H29FN4O4. The number of carbonyl (C=O) groups excluding carboxylic acids is 3. The summed E-state index contributed by atoms with van der Waals surface area (Å²) in [6.45, 7) is 8.99. The van der Waals surface area contributed by atoms with Gasteiger partial charge in [0.1, 0.15) is 17.5 Å². The third-order valence-electron chi connectivity index (χ3n) is 6.20. The summed E-state index contributed by atoms with van der Waals surface area (Å²) >= 11 is 0. The minimum atomic E-state index is -0.995. The summed E-state index contributed by atoms with van der Waals surface area (Å²) in [6.07, 6.45) is 2.59. The summed E-state index contributed by atoms with van der Waals surface area (Å²) in [6, 6.07) is 6.65. The van der Waals surface area contributed by atoms with Gasteiger partial charge in [0, 0.05) is 35.8 Å². The number of pyridine rings is 1. The van der Waals surface area contributed by atoms with Crippen molar-refractivity contribution in [2.24, 2.45) is 0 Å². The van der Waals surface area contributed by atoms with E-state index in [0.29, 0.717) is 29.0 Å². The maximum atomic E-state index is 13.9. The van der Waals surface area contributed by atoms with E-state index in [-0.39, 0.29) is 17.0 Å². The number of likely N-dealkylation sites (N-methyl/N-ethyl adjacent to an activating group) is 1. The molecule has 1 aliphatic rings. The number of benzene rings is 1. The second-order valence-electron chi connectivity index (χ2n) is 9.11. The molecule has 2 unspecified atom stereocenters. The fourth-order valence-corrected chi connectivity index (χ4v) is 4.59. The molecule has 36 heavy (non-hydrogen) atoms. The Balaban J connectivity index is 1.97. The number of nitrogens with zero attached hydrogens (tertiary/aromatic N) is 2. The van der Waals surface area contributed by atoms with Crippen LogP contribution in [0.25, 0.3) is 16.6 Å². The van der Waals surface area contributed by atoms with Crippen molar-refractivity contribution in [2.45, 2.75) is 52.7 Å². The lowest BCUT2D eigenvalue weighted by Crippen LogP contribution is -2.49. The average molecular weight is 493 g/mol. The quantitative estimate of drug-likeness (QED) is 0.523. The molecule has 188 valence electrons. The summed E-state index contributed by atoms with van der Waals surface area (Å²) in [5.74, 6) is -2.54. The van der Waals surface area contributed by atoms with Crippen LogP contribution in [0.4, 0.5) is 4.39 Å². The number of halogens is 1. The van der Waals surface area contributed by atoms with Gasteiger partial charge in [-0.05, 0) is 69.2 Å². The molecule has 3 heterocycles. The van der Waals surface area contributed by atoms with E-state index in [4.69, 9.17) is 4.74 Å². The SMILES string of the molecule is CCNC(=O)C1C(C)c2c([nH]c3ncccc23)C(C(=O)OC(C)C)=CN1C(=O)c1ccc(F)c(C)c1. The van der Waals surface area contributed by atoms with Crippen molar-refractivity contribution in [3.05, 3.63) is 70.9 Å². The fourth-order valence-electron chi connectivity index (χ4n) is 4.59. The third-order valence-corrected chi connectivity index (χ3v) is 6.20. The van der Waals surface area contributed by atoms with E-state index in [9.17, 15) is 18.8 Å². The molecule has 2 atom stereocenters. The summed E-state index contributed by atoms with van der Waals surface area (Å²) in [7, 11) is 0. The first-order chi connectivity index (χ1) is 17.1. The van der Waals surface area contributed by atoms with Crippen LogP contribution < -0.4 is 5.32 Å². The number of fused-ring (bicyclic) bond motifs is 3. The fraction of sp³-hybridized carbons (Fsp3) is 0.333. The third kappa shape index (κ3) is 4.48. The van der Waals surface area contributed by atoms with Crippen molar-refractivity contribution >= 4 is 34.4 Å². The van der Waals surface area contributed by atoms with Crippen molar-refractivity contribution in [3.63, 3.8) is 0 Å². The van der Waals surface area contributed by atoms with Gasteiger partial charge in [-0.3, -0.25) is 9.59 Å². The molecule has 2 N–H and O–H groups in total. The number of carbonyl (C=O) groups is 3. The first-order valence-corrected chi connectivity index (χ1v) is 11.9. The van der Waals surface area contributed by atoms with Gasteiger partial charge in [0.25, 0.3) is 5.91 Å². The Labute approximate surface area is 208 Å². The lowest BCUT2D eigenvalue weighted by atomic mass is 9.89. The second-order valence-corrected chi connectivity index (χ2v) is 9.11. The number of aromatic nitrogens is 2. The zero-order valence-corrected chi connectivity index (χ0v) is 20.9. The molecule has 0 fully saturated rings. The minimum Gasteiger partial charge on any atom is -0.459 e. The van der Waals surface area contributed by atoms with E-state index in [1.54, 1.807) is 40.0 Å². The number of hydrogen-bond acceptors (Lipinski definition) is 5. The Kier molecular flexibility index (Phi) is 6.92. The van der Waals surface area contributed by atoms with E-state index in [1.807, 2.05) is 13.0 Å². The van der Waals surface area contributed by atoms with E-state index in [1.165, 1.54) is 29.3 Å². The molecule has 0 spiro atoms. The molecule has 0 saturated heterocycles. The maximum absolute atomic E-state index is 13.9. The number of amides is 2. The molecule has 2 amide bonds. The van der Waals surface area contributed by atoms with E-state index in [2.05, 4.69) is 15.3 Å². The standard InChI is InChI=1S/C27H29FN4O4/c1-6-29-25(33)23-16(5)21-18-8-7-11-30-24(18)31-22(21)19(27(35)36-14(2)3)13-32(23)26(34)17-9-10-20(28)15(4)12-17/h7-14,16,23H,6H2,1-5H3,(H,29,33)(H,30,31). The highest BCUT2D eigenvalue weighted by Gasteiger charge is 2.41. The maximum Gasteiger partial charge on any atom is 0.342 e. The summed E-state index contributed by atoms with van der Waals surface area (Å²) in [5.41, 5.74) is 2.28. The Morgan fingerprint density at radius 3 is 2.67 bits per heavy atom. The number of hydrogen-bond donors (Lipinski definition) is 2. The molecule has 0 bridgehead atoms. The van der Waals surface area contributed by atoms with E-state index < -0.39 is 35.8 Å². The molecule has 1 aromatic carbocycles. The van der Waals surface area contributed by atoms with Gasteiger partial charge in [-0.2, -0.15) is 0 Å². The van der Waals surface area contributed by atoms with Crippen LogP contribution in [0.2, 0.25) is 0 Å². The van der Waals surface area contributed by atoms with Crippen LogP contribution in [0.5, 0.6) is 0 Å². The average Bonchev–Trinajstić information content (AvgIpc) is 3.15. The van der Waals surface area contributed by atoms with Crippen molar-refractivity contribution < 1.29 is 23.5 Å². The van der Waals surface area contributed by atoms with Crippen LogP contribution in [0, 0.1) is 12.7 Å². The Bertz CT molecular complexity index is 1380. The molecule has 3 aromatic rings. The Morgan fingerprint density at radius 2 is 2.00 bits per heavy atom. The monoisotopic (exact) mass is 492 g/mol. The minimum absolute atomic E-state index is 0.0996. The molecule has 0 radical (unpaired) electrons. The van der Waals surface area contributed by atoms with Gasteiger partial charge >= 0.3 is 5.97 Å². The van der Waals surface area contributed by atoms with E-state index in [0.717, 1.165) is 5.39 Å². The molecular weight excluding hydrogens is 463 g/mol. The topological polar surface area (TPSA) is 104 Å². The number of nitrogens with one attached hydrogen (secondary N) is 2. The molecule has 2 aromatic heterocycles. The van der Waals surface area contributed by atoms with Crippen LogP contribution in [-0.2, 0) is 14.3 Å². The number of H-pyrrole nitrogens is 1. The number of rotatable bonds is 5. The predicted molar refractivity (Wildman–Crippen MR) is 133 cm³/mol. The highest BCUT2D eigenvalue weighted by atomic mass is 19.1. The highest BCUT2D eigenvalue weighted by Crippen LogP contribution is 2.40. The molecule has 9 heteroatoms.